The van der Waals surface area contributed by atoms with Gasteiger partial charge in [-0.3, -0.25) is 0 Å². The van der Waals surface area contributed by atoms with Crippen molar-refractivity contribution in [3.05, 3.63) is 16.1 Å². The SMILES string of the molecule is CC(C)CCS(=O)(=O)Cc1csc(C(=O)O)n1. The lowest BCUT2D eigenvalue weighted by Gasteiger charge is -2.04. The van der Waals surface area contributed by atoms with E-state index in [1.165, 1.54) is 5.38 Å². The summed E-state index contributed by atoms with van der Waals surface area (Å²) in [6, 6.07) is 0. The number of carboxylic acids is 1. The minimum absolute atomic E-state index is 0.0703. The van der Waals surface area contributed by atoms with E-state index in [0.29, 0.717) is 18.0 Å². The quantitative estimate of drug-likeness (QED) is 0.857. The third-order valence-corrected chi connectivity index (χ3v) is 4.58. The zero-order valence-corrected chi connectivity index (χ0v) is 11.3. The Hall–Kier alpha value is -0.950. The van der Waals surface area contributed by atoms with E-state index in [2.05, 4.69) is 4.98 Å². The van der Waals surface area contributed by atoms with Crippen molar-refractivity contribution in [2.24, 2.45) is 5.92 Å². The zero-order chi connectivity index (χ0) is 13.1. The molecule has 0 aliphatic rings. The Morgan fingerprint density at radius 3 is 2.65 bits per heavy atom. The predicted molar refractivity (Wildman–Crippen MR) is 66.0 cm³/mol. The molecule has 0 radical (unpaired) electrons. The number of sulfone groups is 1. The molecule has 0 aliphatic heterocycles. The van der Waals surface area contributed by atoms with Crippen LogP contribution in [0, 0.1) is 5.92 Å². The second-order valence-corrected chi connectivity index (χ2v) is 7.27. The second kappa shape index (κ2) is 5.59. The van der Waals surface area contributed by atoms with Crippen molar-refractivity contribution >= 4 is 27.1 Å². The Balaban J connectivity index is 2.66. The highest BCUT2D eigenvalue weighted by Gasteiger charge is 2.16. The van der Waals surface area contributed by atoms with Gasteiger partial charge in [-0.25, -0.2) is 18.2 Å². The van der Waals surface area contributed by atoms with Gasteiger partial charge in [0.1, 0.15) is 0 Å². The maximum absolute atomic E-state index is 11.7. The van der Waals surface area contributed by atoms with Crippen molar-refractivity contribution in [3.63, 3.8) is 0 Å². The Kier molecular flexibility index (Phi) is 4.64. The van der Waals surface area contributed by atoms with Crippen molar-refractivity contribution in [2.45, 2.75) is 26.0 Å². The van der Waals surface area contributed by atoms with Gasteiger partial charge in [0.15, 0.2) is 9.84 Å². The van der Waals surface area contributed by atoms with E-state index in [9.17, 15) is 13.2 Å². The number of aromatic nitrogens is 1. The molecule has 0 saturated heterocycles. The maximum Gasteiger partial charge on any atom is 0.365 e. The van der Waals surface area contributed by atoms with Crippen LogP contribution >= 0.6 is 11.3 Å². The summed E-state index contributed by atoms with van der Waals surface area (Å²) in [5.74, 6) is -0.857. The highest BCUT2D eigenvalue weighted by Crippen LogP contribution is 2.14. The minimum atomic E-state index is -3.19. The average molecular weight is 277 g/mol. The standard InChI is InChI=1S/C10H15NO4S2/c1-7(2)3-4-17(14,15)6-8-5-16-9(11-8)10(12)13/h5,7H,3-4,6H2,1-2H3,(H,12,13). The van der Waals surface area contributed by atoms with Crippen molar-refractivity contribution in [1.29, 1.82) is 0 Å². The summed E-state index contributed by atoms with van der Waals surface area (Å²) in [4.78, 5) is 14.4. The fourth-order valence-corrected chi connectivity index (χ4v) is 3.52. The van der Waals surface area contributed by atoms with Gasteiger partial charge >= 0.3 is 5.97 Å². The van der Waals surface area contributed by atoms with Crippen molar-refractivity contribution in [3.8, 4) is 0 Å². The molecule has 0 amide bonds. The van der Waals surface area contributed by atoms with E-state index in [1.807, 2.05) is 13.8 Å². The van der Waals surface area contributed by atoms with E-state index < -0.39 is 15.8 Å². The first kappa shape index (κ1) is 14.1. The summed E-state index contributed by atoms with van der Waals surface area (Å²) in [7, 11) is -3.19. The molecule has 0 aliphatic carbocycles. The summed E-state index contributed by atoms with van der Waals surface area (Å²) in [5.41, 5.74) is 0.316. The van der Waals surface area contributed by atoms with Crippen LogP contribution in [0.15, 0.2) is 5.38 Å². The Bertz CT molecular complexity index is 490. The molecule has 0 spiro atoms. The number of rotatable bonds is 6. The number of aromatic carboxylic acids is 1. The van der Waals surface area contributed by atoms with Crippen LogP contribution in [0.5, 0.6) is 0 Å². The Labute approximate surface area is 104 Å². The van der Waals surface area contributed by atoms with Gasteiger partial charge in [0.2, 0.25) is 5.01 Å². The number of hydrogen-bond acceptors (Lipinski definition) is 5. The van der Waals surface area contributed by atoms with E-state index in [1.54, 1.807) is 0 Å². The fraction of sp³-hybridized carbons (Fsp3) is 0.600. The molecule has 0 unspecified atom stereocenters. The molecule has 0 bridgehead atoms. The summed E-state index contributed by atoms with van der Waals surface area (Å²) in [6.45, 7) is 3.92. The van der Waals surface area contributed by atoms with Gasteiger partial charge in [-0.05, 0) is 12.3 Å². The number of carboxylic acid groups (broad SMARTS) is 1. The van der Waals surface area contributed by atoms with Crippen LogP contribution in [-0.4, -0.2) is 30.2 Å². The zero-order valence-electron chi connectivity index (χ0n) is 9.71. The van der Waals surface area contributed by atoms with Crippen molar-refractivity contribution in [2.75, 3.05) is 5.75 Å². The lowest BCUT2D eigenvalue weighted by atomic mass is 10.2. The summed E-state index contributed by atoms with van der Waals surface area (Å²) >= 11 is 0.948. The molecule has 1 aromatic rings. The molecule has 1 N–H and O–H groups in total. The van der Waals surface area contributed by atoms with E-state index in [4.69, 9.17) is 5.11 Å². The molecule has 1 rings (SSSR count). The average Bonchev–Trinajstić information content (AvgIpc) is 2.63. The van der Waals surface area contributed by atoms with Gasteiger partial charge in [-0.2, -0.15) is 0 Å². The molecule has 1 heterocycles. The largest absolute Gasteiger partial charge is 0.476 e. The molecule has 0 saturated carbocycles. The summed E-state index contributed by atoms with van der Waals surface area (Å²) in [5, 5.41) is 10.1. The molecule has 1 aromatic heterocycles. The predicted octanol–water partition coefficient (Wildman–Crippen LogP) is 1.80. The van der Waals surface area contributed by atoms with Gasteiger partial charge in [-0.1, -0.05) is 13.8 Å². The lowest BCUT2D eigenvalue weighted by Crippen LogP contribution is -2.11. The molecular formula is C10H15NO4S2. The highest BCUT2D eigenvalue weighted by atomic mass is 32.2. The molecule has 7 heteroatoms. The molecule has 17 heavy (non-hydrogen) atoms. The van der Waals surface area contributed by atoms with Gasteiger partial charge in [0, 0.05) is 5.38 Å². The topological polar surface area (TPSA) is 84.3 Å². The normalized spacial score (nSPS) is 11.9. The van der Waals surface area contributed by atoms with Crippen LogP contribution in [0.3, 0.4) is 0 Å². The van der Waals surface area contributed by atoms with Crippen LogP contribution in [0.2, 0.25) is 0 Å². The van der Waals surface area contributed by atoms with E-state index >= 15 is 0 Å². The Morgan fingerprint density at radius 2 is 2.18 bits per heavy atom. The van der Waals surface area contributed by atoms with Gasteiger partial charge in [0.25, 0.3) is 0 Å². The highest BCUT2D eigenvalue weighted by molar-refractivity contribution is 7.90. The minimum Gasteiger partial charge on any atom is -0.476 e. The number of thiazole rings is 1. The van der Waals surface area contributed by atoms with Gasteiger partial charge < -0.3 is 5.11 Å². The first-order valence-corrected chi connectivity index (χ1v) is 7.88. The molecule has 0 aromatic carbocycles. The fourth-order valence-electron chi connectivity index (χ4n) is 1.18. The molecular weight excluding hydrogens is 262 g/mol. The number of carbonyl (C=O) groups is 1. The van der Waals surface area contributed by atoms with Crippen molar-refractivity contribution < 1.29 is 18.3 Å². The first-order chi connectivity index (χ1) is 7.80. The molecule has 5 nitrogen and oxygen atoms in total. The summed E-state index contributed by atoms with van der Waals surface area (Å²) < 4.78 is 23.4. The van der Waals surface area contributed by atoms with Crippen LogP contribution < -0.4 is 0 Å². The van der Waals surface area contributed by atoms with E-state index in [0.717, 1.165) is 11.3 Å². The van der Waals surface area contributed by atoms with Crippen LogP contribution in [0.25, 0.3) is 0 Å². The number of nitrogens with zero attached hydrogens (tertiary/aromatic N) is 1. The van der Waals surface area contributed by atoms with Crippen LogP contribution in [0.1, 0.15) is 35.8 Å². The summed E-state index contributed by atoms with van der Waals surface area (Å²) in [6.07, 6.45) is 0.609. The third kappa shape index (κ3) is 4.82. The van der Waals surface area contributed by atoms with Gasteiger partial charge in [0.05, 0.1) is 17.2 Å². The van der Waals surface area contributed by atoms with Gasteiger partial charge in [-0.15, -0.1) is 11.3 Å². The number of hydrogen-bond donors (Lipinski definition) is 1. The van der Waals surface area contributed by atoms with Crippen molar-refractivity contribution in [1.82, 2.24) is 4.98 Å². The first-order valence-electron chi connectivity index (χ1n) is 5.18. The molecule has 0 fully saturated rings. The van der Waals surface area contributed by atoms with Crippen LogP contribution in [-0.2, 0) is 15.6 Å². The smallest absolute Gasteiger partial charge is 0.365 e. The monoisotopic (exact) mass is 277 g/mol. The Morgan fingerprint density at radius 1 is 1.53 bits per heavy atom. The van der Waals surface area contributed by atoms with E-state index in [-0.39, 0.29) is 16.5 Å². The second-order valence-electron chi connectivity index (χ2n) is 4.22. The molecule has 96 valence electrons. The molecule has 0 atom stereocenters. The lowest BCUT2D eigenvalue weighted by molar-refractivity contribution is 0.0696. The maximum atomic E-state index is 11.7. The third-order valence-electron chi connectivity index (χ3n) is 2.11. The van der Waals surface area contributed by atoms with Crippen LogP contribution in [0.4, 0.5) is 0 Å².